The van der Waals surface area contributed by atoms with Gasteiger partial charge in [0.25, 0.3) is 5.69 Å². The van der Waals surface area contributed by atoms with Crippen LogP contribution in [0.1, 0.15) is 24.8 Å². The van der Waals surface area contributed by atoms with Gasteiger partial charge in [0, 0.05) is 24.3 Å². The monoisotopic (exact) mass is 314 g/mol. The van der Waals surface area contributed by atoms with Crippen LogP contribution in [0.25, 0.3) is 0 Å². The lowest BCUT2D eigenvalue weighted by atomic mass is 10.1. The summed E-state index contributed by atoms with van der Waals surface area (Å²) in [4.78, 5) is 10.2. The predicted molar refractivity (Wildman–Crippen MR) is 76.4 cm³/mol. The highest BCUT2D eigenvalue weighted by Gasteiger charge is 2.32. The largest absolute Gasteiger partial charge is 0.396 e. The topological polar surface area (TPSA) is 110 Å². The molecule has 7 nitrogen and oxygen atoms in total. The second-order valence-electron chi connectivity index (χ2n) is 5.26. The van der Waals surface area contributed by atoms with Crippen molar-refractivity contribution in [3.8, 4) is 0 Å². The predicted octanol–water partition coefficient (Wildman–Crippen LogP) is 1.34. The highest BCUT2D eigenvalue weighted by atomic mass is 32.2. The fraction of sp³-hybridized carbons (Fsp3) is 0.538. The number of aliphatic hydroxyl groups is 1. The molecule has 116 valence electrons. The number of benzene rings is 1. The number of nitro groups is 1. The Morgan fingerprint density at radius 3 is 2.76 bits per heavy atom. The van der Waals surface area contributed by atoms with E-state index in [1.807, 2.05) is 0 Å². The molecule has 0 aliphatic heterocycles. The molecule has 2 rings (SSSR count). The van der Waals surface area contributed by atoms with Crippen molar-refractivity contribution in [3.05, 3.63) is 33.9 Å². The first kappa shape index (κ1) is 15.9. The van der Waals surface area contributed by atoms with E-state index in [1.165, 1.54) is 25.1 Å². The summed E-state index contributed by atoms with van der Waals surface area (Å²) in [6, 6.07) is 3.67. The Bertz CT molecular complexity index is 644. The first-order chi connectivity index (χ1) is 9.86. The Kier molecular flexibility index (Phi) is 4.60. The minimum absolute atomic E-state index is 0.0683. The summed E-state index contributed by atoms with van der Waals surface area (Å²) in [7, 11) is -3.84. The van der Waals surface area contributed by atoms with Crippen LogP contribution in [0, 0.1) is 23.0 Å². The maximum Gasteiger partial charge on any atom is 0.273 e. The quantitative estimate of drug-likeness (QED) is 0.629. The maximum absolute atomic E-state index is 12.4. The van der Waals surface area contributed by atoms with Crippen LogP contribution < -0.4 is 4.72 Å². The van der Waals surface area contributed by atoms with Crippen LogP contribution in [0.4, 0.5) is 5.69 Å². The Morgan fingerprint density at radius 1 is 1.43 bits per heavy atom. The number of sulfonamides is 1. The van der Waals surface area contributed by atoms with Gasteiger partial charge < -0.3 is 5.11 Å². The molecule has 1 fully saturated rings. The smallest absolute Gasteiger partial charge is 0.273 e. The molecule has 0 bridgehead atoms. The van der Waals surface area contributed by atoms with Crippen molar-refractivity contribution in [3.63, 3.8) is 0 Å². The Morgan fingerprint density at radius 2 is 2.14 bits per heavy atom. The van der Waals surface area contributed by atoms with Gasteiger partial charge in [0.15, 0.2) is 0 Å². The number of nitro benzene ring substituents is 1. The van der Waals surface area contributed by atoms with Gasteiger partial charge in [-0.2, -0.15) is 0 Å². The van der Waals surface area contributed by atoms with Crippen LogP contribution in [-0.4, -0.2) is 31.1 Å². The lowest BCUT2D eigenvalue weighted by molar-refractivity contribution is -0.385. The standard InChI is InChI=1S/C13H18N2O5S/c1-9-12(15(17)18)6-3-7-13(9)21(19,20)14-11-5-2-4-10(11)8-16/h3,6-7,10-11,14,16H,2,4-5,8H2,1H3. The average Bonchev–Trinajstić information content (AvgIpc) is 2.84. The molecule has 1 saturated carbocycles. The summed E-state index contributed by atoms with van der Waals surface area (Å²) in [5.74, 6) is -0.0984. The summed E-state index contributed by atoms with van der Waals surface area (Å²) in [6.07, 6.45) is 2.29. The van der Waals surface area contributed by atoms with Crippen LogP contribution in [-0.2, 0) is 10.0 Å². The Labute approximate surface area is 123 Å². The van der Waals surface area contributed by atoms with E-state index in [4.69, 9.17) is 0 Å². The molecule has 1 aromatic rings. The van der Waals surface area contributed by atoms with E-state index in [9.17, 15) is 23.6 Å². The van der Waals surface area contributed by atoms with Gasteiger partial charge in [0.2, 0.25) is 10.0 Å². The van der Waals surface area contributed by atoms with Gasteiger partial charge in [-0.25, -0.2) is 13.1 Å². The third-order valence-corrected chi connectivity index (χ3v) is 5.58. The summed E-state index contributed by atoms with van der Waals surface area (Å²) >= 11 is 0. The fourth-order valence-electron chi connectivity index (χ4n) is 2.77. The van der Waals surface area contributed by atoms with Crippen LogP contribution in [0.3, 0.4) is 0 Å². The van der Waals surface area contributed by atoms with E-state index in [-0.39, 0.29) is 34.7 Å². The van der Waals surface area contributed by atoms with E-state index in [2.05, 4.69) is 4.72 Å². The number of nitrogens with zero attached hydrogens (tertiary/aromatic N) is 1. The molecular weight excluding hydrogens is 296 g/mol. The molecule has 0 amide bonds. The van der Waals surface area contributed by atoms with Crippen molar-refractivity contribution < 1.29 is 18.4 Å². The maximum atomic E-state index is 12.4. The molecule has 2 atom stereocenters. The molecule has 21 heavy (non-hydrogen) atoms. The molecule has 2 N–H and O–H groups in total. The van der Waals surface area contributed by atoms with Crippen molar-refractivity contribution in [2.45, 2.75) is 37.1 Å². The summed E-state index contributed by atoms with van der Waals surface area (Å²) in [5, 5.41) is 20.2. The van der Waals surface area contributed by atoms with Crippen LogP contribution in [0.2, 0.25) is 0 Å². The summed E-state index contributed by atoms with van der Waals surface area (Å²) < 4.78 is 27.4. The van der Waals surface area contributed by atoms with Crippen molar-refractivity contribution in [2.24, 2.45) is 5.92 Å². The second-order valence-corrected chi connectivity index (χ2v) is 6.94. The molecule has 1 aliphatic carbocycles. The van der Waals surface area contributed by atoms with E-state index in [1.54, 1.807) is 0 Å². The SMILES string of the molecule is Cc1c([N+](=O)[O-])cccc1S(=O)(=O)NC1CCCC1CO. The lowest BCUT2D eigenvalue weighted by Crippen LogP contribution is -2.38. The van der Waals surface area contributed by atoms with Crippen LogP contribution in [0.5, 0.6) is 0 Å². The van der Waals surface area contributed by atoms with E-state index in [0.717, 1.165) is 12.8 Å². The van der Waals surface area contributed by atoms with Gasteiger partial charge in [0.1, 0.15) is 0 Å². The third-order valence-electron chi connectivity index (χ3n) is 3.94. The van der Waals surface area contributed by atoms with E-state index >= 15 is 0 Å². The van der Waals surface area contributed by atoms with Gasteiger partial charge in [-0.05, 0) is 31.7 Å². The van der Waals surface area contributed by atoms with Crippen molar-refractivity contribution in [1.29, 1.82) is 0 Å². The number of rotatable bonds is 5. The number of hydrogen-bond donors (Lipinski definition) is 2. The van der Waals surface area contributed by atoms with Crippen molar-refractivity contribution in [2.75, 3.05) is 6.61 Å². The molecule has 1 aromatic carbocycles. The van der Waals surface area contributed by atoms with Crippen LogP contribution in [0.15, 0.2) is 23.1 Å². The minimum atomic E-state index is -3.84. The number of nitrogens with one attached hydrogen (secondary N) is 1. The first-order valence-electron chi connectivity index (χ1n) is 6.74. The Balaban J connectivity index is 2.32. The normalized spacial score (nSPS) is 22.4. The molecular formula is C13H18N2O5S. The first-order valence-corrected chi connectivity index (χ1v) is 8.22. The second kappa shape index (κ2) is 6.08. The molecule has 2 unspecified atom stereocenters. The molecule has 1 aliphatic rings. The highest BCUT2D eigenvalue weighted by molar-refractivity contribution is 7.89. The molecule has 0 spiro atoms. The van der Waals surface area contributed by atoms with E-state index < -0.39 is 14.9 Å². The molecule has 0 heterocycles. The number of hydrogen-bond acceptors (Lipinski definition) is 5. The van der Waals surface area contributed by atoms with Gasteiger partial charge in [0.05, 0.1) is 9.82 Å². The zero-order chi connectivity index (χ0) is 15.6. The zero-order valence-corrected chi connectivity index (χ0v) is 12.5. The zero-order valence-electron chi connectivity index (χ0n) is 11.7. The van der Waals surface area contributed by atoms with Crippen molar-refractivity contribution in [1.82, 2.24) is 4.72 Å². The lowest BCUT2D eigenvalue weighted by Gasteiger charge is -2.19. The molecule has 0 saturated heterocycles. The van der Waals surface area contributed by atoms with Crippen LogP contribution >= 0.6 is 0 Å². The van der Waals surface area contributed by atoms with Gasteiger partial charge in [-0.3, -0.25) is 10.1 Å². The third kappa shape index (κ3) is 3.22. The van der Waals surface area contributed by atoms with Crippen molar-refractivity contribution >= 4 is 15.7 Å². The molecule has 8 heteroatoms. The van der Waals surface area contributed by atoms with E-state index in [0.29, 0.717) is 6.42 Å². The molecule has 0 aromatic heterocycles. The summed E-state index contributed by atoms with van der Waals surface area (Å²) in [6.45, 7) is 1.35. The average molecular weight is 314 g/mol. The number of aliphatic hydroxyl groups excluding tert-OH is 1. The highest BCUT2D eigenvalue weighted by Crippen LogP contribution is 2.29. The van der Waals surface area contributed by atoms with Gasteiger partial charge in [-0.15, -0.1) is 0 Å². The Hall–Kier alpha value is -1.51. The fourth-order valence-corrected chi connectivity index (χ4v) is 4.37. The molecule has 0 radical (unpaired) electrons. The van der Waals surface area contributed by atoms with Gasteiger partial charge in [-0.1, -0.05) is 12.5 Å². The summed E-state index contributed by atoms with van der Waals surface area (Å²) in [5.41, 5.74) is -0.100. The van der Waals surface area contributed by atoms with Gasteiger partial charge >= 0.3 is 0 Å². The minimum Gasteiger partial charge on any atom is -0.396 e.